The molecular weight excluding hydrogens is 304 g/mol. The van der Waals surface area contributed by atoms with Crippen LogP contribution < -0.4 is 10.6 Å². The molecular formula is C18H32N4O2. The first-order valence-corrected chi connectivity index (χ1v) is 9.21. The van der Waals surface area contributed by atoms with Gasteiger partial charge >= 0.3 is 0 Å². The van der Waals surface area contributed by atoms with Crippen LogP contribution >= 0.6 is 0 Å². The Morgan fingerprint density at radius 2 is 2.21 bits per heavy atom. The maximum Gasteiger partial charge on any atom is 0.191 e. The fourth-order valence-electron chi connectivity index (χ4n) is 2.94. The predicted octanol–water partition coefficient (Wildman–Crippen LogP) is 2.13. The number of unbranched alkanes of at least 4 members (excludes halogenated alkanes) is 1. The molecule has 136 valence electrons. The molecule has 6 heteroatoms. The molecule has 1 fully saturated rings. The summed E-state index contributed by atoms with van der Waals surface area (Å²) < 4.78 is 5.22. The van der Waals surface area contributed by atoms with Gasteiger partial charge in [-0.1, -0.05) is 13.3 Å². The lowest BCUT2D eigenvalue weighted by molar-refractivity contribution is 0.158. The first kappa shape index (κ1) is 18.8. The van der Waals surface area contributed by atoms with Gasteiger partial charge in [-0.3, -0.25) is 4.99 Å². The molecule has 6 nitrogen and oxygen atoms in total. The highest BCUT2D eigenvalue weighted by Crippen LogP contribution is 2.14. The van der Waals surface area contributed by atoms with E-state index >= 15 is 0 Å². The Balaban J connectivity index is 1.79. The van der Waals surface area contributed by atoms with Crippen molar-refractivity contribution in [2.24, 2.45) is 4.99 Å². The molecule has 1 aliphatic heterocycles. The predicted molar refractivity (Wildman–Crippen MR) is 97.2 cm³/mol. The van der Waals surface area contributed by atoms with Gasteiger partial charge in [-0.2, -0.15) is 0 Å². The molecule has 0 radical (unpaired) electrons. The second-order valence-electron chi connectivity index (χ2n) is 6.36. The van der Waals surface area contributed by atoms with E-state index in [9.17, 15) is 5.11 Å². The van der Waals surface area contributed by atoms with Crippen LogP contribution in [0.4, 0.5) is 0 Å². The van der Waals surface area contributed by atoms with Crippen LogP contribution in [-0.4, -0.2) is 54.7 Å². The van der Waals surface area contributed by atoms with Gasteiger partial charge in [0, 0.05) is 25.7 Å². The lowest BCUT2D eigenvalue weighted by Gasteiger charge is -2.33. The number of nitrogens with one attached hydrogen (secondary N) is 2. The van der Waals surface area contributed by atoms with Crippen LogP contribution in [0.1, 0.15) is 51.4 Å². The summed E-state index contributed by atoms with van der Waals surface area (Å²) in [6, 6.07) is 3.99. The number of guanidine groups is 1. The fourth-order valence-corrected chi connectivity index (χ4v) is 2.94. The third kappa shape index (κ3) is 6.17. The van der Waals surface area contributed by atoms with Crippen LogP contribution in [-0.2, 0) is 0 Å². The van der Waals surface area contributed by atoms with Crippen molar-refractivity contribution >= 4 is 5.96 Å². The molecule has 1 atom stereocenters. The van der Waals surface area contributed by atoms with E-state index in [2.05, 4.69) is 27.4 Å². The van der Waals surface area contributed by atoms with E-state index in [1.807, 2.05) is 6.92 Å². The highest BCUT2D eigenvalue weighted by atomic mass is 16.4. The fraction of sp³-hybridized carbons (Fsp3) is 0.722. The Morgan fingerprint density at radius 1 is 1.42 bits per heavy atom. The molecule has 0 spiro atoms. The Bertz CT molecular complexity index is 467. The van der Waals surface area contributed by atoms with E-state index in [-0.39, 0.29) is 6.54 Å². The van der Waals surface area contributed by atoms with E-state index < -0.39 is 6.10 Å². The minimum absolute atomic E-state index is 0.290. The average Bonchev–Trinajstić information content (AvgIpc) is 3.13. The summed E-state index contributed by atoms with van der Waals surface area (Å²) in [6.45, 7) is 8.89. The topological polar surface area (TPSA) is 73.0 Å². The number of furan rings is 1. The van der Waals surface area contributed by atoms with Gasteiger partial charge < -0.3 is 25.1 Å². The molecule has 0 amide bonds. The standard InChI is InChI=1S/C18H32N4O2/c1-3-5-10-22-11-8-15(9-12-22)21-18(19-4-2)20-14-16(23)17-7-6-13-24-17/h6-7,13,15-16,23H,3-5,8-12,14H2,1-2H3,(H2,19,20,21). The molecule has 0 saturated carbocycles. The second kappa shape index (κ2) is 10.4. The van der Waals surface area contributed by atoms with Gasteiger partial charge in [-0.15, -0.1) is 0 Å². The zero-order valence-corrected chi connectivity index (χ0v) is 15.0. The molecule has 1 unspecified atom stereocenters. The third-order valence-corrected chi connectivity index (χ3v) is 4.39. The number of rotatable bonds is 8. The zero-order valence-electron chi connectivity index (χ0n) is 15.0. The third-order valence-electron chi connectivity index (χ3n) is 4.39. The van der Waals surface area contributed by atoms with E-state index in [1.165, 1.54) is 19.4 Å². The summed E-state index contributed by atoms with van der Waals surface area (Å²) in [5, 5.41) is 16.9. The van der Waals surface area contributed by atoms with Crippen molar-refractivity contribution in [1.82, 2.24) is 15.5 Å². The largest absolute Gasteiger partial charge is 0.467 e. The summed E-state index contributed by atoms with van der Waals surface area (Å²) in [5.74, 6) is 1.33. The number of nitrogens with zero attached hydrogens (tertiary/aromatic N) is 2. The minimum Gasteiger partial charge on any atom is -0.467 e. The van der Waals surface area contributed by atoms with Gasteiger partial charge in [0.25, 0.3) is 0 Å². The first-order valence-electron chi connectivity index (χ1n) is 9.21. The number of aliphatic hydroxyl groups excluding tert-OH is 1. The van der Waals surface area contributed by atoms with Crippen molar-refractivity contribution in [2.45, 2.75) is 51.7 Å². The first-order chi connectivity index (χ1) is 11.7. The van der Waals surface area contributed by atoms with Gasteiger partial charge in [-0.05, 0) is 44.9 Å². The van der Waals surface area contributed by atoms with E-state index in [0.717, 1.165) is 38.4 Å². The summed E-state index contributed by atoms with van der Waals surface area (Å²) >= 11 is 0. The molecule has 1 aliphatic rings. The summed E-state index contributed by atoms with van der Waals surface area (Å²) in [5.41, 5.74) is 0. The lowest BCUT2D eigenvalue weighted by atomic mass is 10.0. The van der Waals surface area contributed by atoms with Crippen LogP contribution in [0.15, 0.2) is 27.8 Å². The molecule has 0 bridgehead atoms. The molecule has 0 aromatic carbocycles. The molecule has 0 aliphatic carbocycles. The summed E-state index contributed by atoms with van der Waals surface area (Å²) in [7, 11) is 0. The van der Waals surface area contributed by atoms with Crippen LogP contribution in [0.2, 0.25) is 0 Å². The zero-order chi connectivity index (χ0) is 17.2. The van der Waals surface area contributed by atoms with Gasteiger partial charge in [0.1, 0.15) is 11.9 Å². The van der Waals surface area contributed by atoms with Gasteiger partial charge in [0.2, 0.25) is 0 Å². The van der Waals surface area contributed by atoms with Crippen molar-refractivity contribution in [3.8, 4) is 0 Å². The smallest absolute Gasteiger partial charge is 0.191 e. The Morgan fingerprint density at radius 3 is 2.83 bits per heavy atom. The summed E-state index contributed by atoms with van der Waals surface area (Å²) in [4.78, 5) is 7.05. The second-order valence-corrected chi connectivity index (χ2v) is 6.36. The Kier molecular flexibility index (Phi) is 8.12. The van der Waals surface area contributed by atoms with Crippen molar-refractivity contribution in [2.75, 3.05) is 32.7 Å². The number of likely N-dealkylation sites (tertiary alicyclic amines) is 1. The van der Waals surface area contributed by atoms with Crippen LogP contribution in [0.3, 0.4) is 0 Å². The number of aliphatic imine (C=N–C) groups is 1. The molecule has 1 saturated heterocycles. The number of hydrogen-bond acceptors (Lipinski definition) is 4. The molecule has 2 heterocycles. The quantitative estimate of drug-likeness (QED) is 0.501. The van der Waals surface area contributed by atoms with E-state index in [1.54, 1.807) is 18.4 Å². The molecule has 3 N–H and O–H groups in total. The lowest BCUT2D eigenvalue weighted by Crippen LogP contribution is -2.48. The maximum absolute atomic E-state index is 10.1. The average molecular weight is 336 g/mol. The summed E-state index contributed by atoms with van der Waals surface area (Å²) in [6.07, 6.45) is 5.67. The van der Waals surface area contributed by atoms with Crippen LogP contribution in [0.25, 0.3) is 0 Å². The van der Waals surface area contributed by atoms with Crippen molar-refractivity contribution in [3.63, 3.8) is 0 Å². The van der Waals surface area contributed by atoms with Gasteiger partial charge in [0.15, 0.2) is 5.96 Å². The highest BCUT2D eigenvalue weighted by Gasteiger charge is 2.19. The molecule has 24 heavy (non-hydrogen) atoms. The Labute approximate surface area is 145 Å². The SMILES string of the molecule is CCCCN1CCC(NC(=NCC(O)c2ccco2)NCC)CC1. The normalized spacial score (nSPS) is 18.5. The Hall–Kier alpha value is -1.53. The minimum atomic E-state index is -0.702. The number of hydrogen-bond donors (Lipinski definition) is 3. The van der Waals surface area contributed by atoms with Gasteiger partial charge in [-0.25, -0.2) is 0 Å². The monoisotopic (exact) mass is 336 g/mol. The highest BCUT2D eigenvalue weighted by molar-refractivity contribution is 5.80. The maximum atomic E-state index is 10.1. The molecule has 1 aromatic rings. The van der Waals surface area contributed by atoms with E-state index in [4.69, 9.17) is 4.42 Å². The van der Waals surface area contributed by atoms with E-state index in [0.29, 0.717) is 11.8 Å². The molecule has 1 aromatic heterocycles. The van der Waals surface area contributed by atoms with Crippen LogP contribution in [0, 0.1) is 0 Å². The number of piperidine rings is 1. The number of aliphatic hydroxyl groups is 1. The van der Waals surface area contributed by atoms with Crippen molar-refractivity contribution < 1.29 is 9.52 Å². The van der Waals surface area contributed by atoms with Crippen molar-refractivity contribution in [3.05, 3.63) is 24.2 Å². The molecule has 2 rings (SSSR count). The van der Waals surface area contributed by atoms with Crippen molar-refractivity contribution in [1.29, 1.82) is 0 Å². The van der Waals surface area contributed by atoms with Gasteiger partial charge in [0.05, 0.1) is 12.8 Å². The van der Waals surface area contributed by atoms with Crippen LogP contribution in [0.5, 0.6) is 0 Å².